The van der Waals surface area contributed by atoms with Crippen LogP contribution in [0, 0.1) is 0 Å². The molecule has 0 unspecified atom stereocenters. The number of carbonyl (C=O) groups excluding carboxylic acids is 3. The molecule has 3 heterocycles. The molecule has 0 radical (unpaired) electrons. The van der Waals surface area contributed by atoms with Crippen molar-refractivity contribution in [3.63, 3.8) is 0 Å². The maximum atomic E-state index is 11.8. The molecular weight excluding hydrogens is 264 g/mol. The van der Waals surface area contributed by atoms with Crippen LogP contribution in [0.5, 0.6) is 0 Å². The minimum absolute atomic E-state index is 0.183. The zero-order valence-corrected chi connectivity index (χ0v) is 10.5. The van der Waals surface area contributed by atoms with Gasteiger partial charge in [0.2, 0.25) is 5.91 Å². The Balaban J connectivity index is 1.54. The Morgan fingerprint density at radius 1 is 1.35 bits per heavy atom. The van der Waals surface area contributed by atoms with E-state index in [-0.39, 0.29) is 24.5 Å². The molecule has 0 atom stereocenters. The van der Waals surface area contributed by atoms with Gasteiger partial charge in [-0.3, -0.25) is 9.59 Å². The lowest BCUT2D eigenvalue weighted by atomic mass is 10.1. The zero-order valence-electron chi connectivity index (χ0n) is 10.5. The van der Waals surface area contributed by atoms with Crippen LogP contribution in [0.2, 0.25) is 0 Å². The van der Waals surface area contributed by atoms with Crippen molar-refractivity contribution in [3.8, 4) is 0 Å². The molecular formula is C13H12N2O5. The number of hydrogen-bond acceptors (Lipinski definition) is 5. The maximum Gasteiger partial charge on any atom is 0.417 e. The number of furan rings is 1. The zero-order chi connectivity index (χ0) is 14.1. The van der Waals surface area contributed by atoms with Crippen molar-refractivity contribution in [2.45, 2.75) is 6.04 Å². The van der Waals surface area contributed by atoms with Gasteiger partial charge < -0.3 is 14.1 Å². The SMILES string of the molecule is O=C(/C=C/c1ccco1)N1CC(N2C(=O)COC2=O)C1. The molecule has 0 aromatic carbocycles. The number of imide groups is 1. The van der Waals surface area contributed by atoms with Crippen LogP contribution in [0.3, 0.4) is 0 Å². The van der Waals surface area contributed by atoms with Gasteiger partial charge in [0.25, 0.3) is 5.91 Å². The lowest BCUT2D eigenvalue weighted by Crippen LogP contribution is -2.61. The fourth-order valence-corrected chi connectivity index (χ4v) is 2.16. The van der Waals surface area contributed by atoms with E-state index in [4.69, 9.17) is 4.42 Å². The van der Waals surface area contributed by atoms with Crippen LogP contribution < -0.4 is 0 Å². The van der Waals surface area contributed by atoms with E-state index in [1.54, 1.807) is 23.1 Å². The molecule has 104 valence electrons. The van der Waals surface area contributed by atoms with Crippen molar-refractivity contribution in [2.24, 2.45) is 0 Å². The van der Waals surface area contributed by atoms with Gasteiger partial charge in [0, 0.05) is 19.2 Å². The van der Waals surface area contributed by atoms with Crippen molar-refractivity contribution < 1.29 is 23.5 Å². The third-order valence-corrected chi connectivity index (χ3v) is 3.26. The Morgan fingerprint density at radius 2 is 2.15 bits per heavy atom. The summed E-state index contributed by atoms with van der Waals surface area (Å²) in [6.07, 6.45) is 3.87. The first-order chi connectivity index (χ1) is 9.65. The molecule has 20 heavy (non-hydrogen) atoms. The van der Waals surface area contributed by atoms with Crippen molar-refractivity contribution in [1.82, 2.24) is 9.80 Å². The molecule has 0 spiro atoms. The summed E-state index contributed by atoms with van der Waals surface area (Å²) < 4.78 is 9.71. The summed E-state index contributed by atoms with van der Waals surface area (Å²) in [5, 5.41) is 0. The van der Waals surface area contributed by atoms with E-state index < -0.39 is 6.09 Å². The lowest BCUT2D eigenvalue weighted by Gasteiger charge is -2.41. The monoisotopic (exact) mass is 276 g/mol. The summed E-state index contributed by atoms with van der Waals surface area (Å²) in [6, 6.07) is 3.19. The number of cyclic esters (lactones) is 1. The van der Waals surface area contributed by atoms with E-state index in [1.807, 2.05) is 0 Å². The summed E-state index contributed by atoms with van der Waals surface area (Å²) in [5.74, 6) is 0.0598. The summed E-state index contributed by atoms with van der Waals surface area (Å²) in [7, 11) is 0. The molecule has 1 aromatic rings. The third-order valence-electron chi connectivity index (χ3n) is 3.26. The number of ether oxygens (including phenoxy) is 1. The number of likely N-dealkylation sites (tertiary alicyclic amines) is 1. The molecule has 3 amide bonds. The Bertz CT molecular complexity index is 556. The highest BCUT2D eigenvalue weighted by molar-refractivity contribution is 5.99. The molecule has 1 aromatic heterocycles. The van der Waals surface area contributed by atoms with E-state index in [2.05, 4.69) is 4.74 Å². The number of carbonyl (C=O) groups is 3. The Hall–Kier alpha value is -2.57. The standard InChI is InChI=1S/C13H12N2O5/c16-11(4-3-10-2-1-5-19-10)14-6-9(7-14)15-12(17)8-20-13(15)18/h1-5,9H,6-8H2/b4-3+. The smallest absolute Gasteiger partial charge is 0.417 e. The van der Waals surface area contributed by atoms with Crippen molar-refractivity contribution in [3.05, 3.63) is 30.2 Å². The van der Waals surface area contributed by atoms with Crippen LogP contribution in [-0.2, 0) is 14.3 Å². The normalized spacial score (nSPS) is 19.6. The molecule has 2 aliphatic rings. The summed E-state index contributed by atoms with van der Waals surface area (Å²) in [6.45, 7) is 0.464. The minimum atomic E-state index is -0.627. The fraction of sp³-hybridized carbons (Fsp3) is 0.308. The Labute approximate surface area is 114 Å². The van der Waals surface area contributed by atoms with Gasteiger partial charge in [-0.2, -0.15) is 0 Å². The lowest BCUT2D eigenvalue weighted by molar-refractivity contribution is -0.138. The summed E-state index contributed by atoms with van der Waals surface area (Å²) >= 11 is 0. The number of hydrogen-bond donors (Lipinski definition) is 0. The Kier molecular flexibility index (Phi) is 3.02. The maximum absolute atomic E-state index is 11.8. The van der Waals surface area contributed by atoms with Gasteiger partial charge in [0.1, 0.15) is 5.76 Å². The molecule has 7 nitrogen and oxygen atoms in total. The van der Waals surface area contributed by atoms with Gasteiger partial charge in [0.15, 0.2) is 6.61 Å². The first-order valence-electron chi connectivity index (χ1n) is 6.14. The largest absolute Gasteiger partial charge is 0.465 e. The fourth-order valence-electron chi connectivity index (χ4n) is 2.16. The van der Waals surface area contributed by atoms with Crippen LogP contribution in [-0.4, -0.2) is 53.4 Å². The molecule has 3 rings (SSSR count). The molecule has 2 aliphatic heterocycles. The van der Waals surface area contributed by atoms with Gasteiger partial charge in [-0.05, 0) is 18.2 Å². The quantitative estimate of drug-likeness (QED) is 0.750. The highest BCUT2D eigenvalue weighted by Crippen LogP contribution is 2.20. The van der Waals surface area contributed by atoms with Gasteiger partial charge in [-0.25, -0.2) is 9.69 Å². The van der Waals surface area contributed by atoms with E-state index in [0.717, 1.165) is 4.90 Å². The summed E-state index contributed by atoms with van der Waals surface area (Å²) in [5.41, 5.74) is 0. The highest BCUT2D eigenvalue weighted by atomic mass is 16.6. The number of nitrogens with zero attached hydrogens (tertiary/aromatic N) is 2. The second-order valence-corrected chi connectivity index (χ2v) is 4.56. The van der Waals surface area contributed by atoms with Crippen molar-refractivity contribution >= 4 is 24.0 Å². The predicted octanol–water partition coefficient (Wildman–Crippen LogP) is 0.482. The van der Waals surface area contributed by atoms with Gasteiger partial charge >= 0.3 is 6.09 Å². The number of amides is 3. The van der Waals surface area contributed by atoms with Crippen LogP contribution >= 0.6 is 0 Å². The second-order valence-electron chi connectivity index (χ2n) is 4.56. The van der Waals surface area contributed by atoms with Crippen LogP contribution in [0.4, 0.5) is 4.79 Å². The first-order valence-corrected chi connectivity index (χ1v) is 6.14. The first kappa shape index (κ1) is 12.5. The molecule has 0 N–H and O–H groups in total. The average Bonchev–Trinajstić information content (AvgIpc) is 2.99. The third kappa shape index (κ3) is 2.18. The Morgan fingerprint density at radius 3 is 2.75 bits per heavy atom. The molecule has 7 heteroatoms. The van der Waals surface area contributed by atoms with E-state index in [0.29, 0.717) is 18.8 Å². The molecule has 0 saturated carbocycles. The van der Waals surface area contributed by atoms with Crippen LogP contribution in [0.15, 0.2) is 28.9 Å². The minimum Gasteiger partial charge on any atom is -0.465 e. The predicted molar refractivity (Wildman–Crippen MR) is 66.3 cm³/mol. The molecule has 2 saturated heterocycles. The van der Waals surface area contributed by atoms with E-state index >= 15 is 0 Å². The van der Waals surface area contributed by atoms with E-state index in [1.165, 1.54) is 12.3 Å². The van der Waals surface area contributed by atoms with Crippen molar-refractivity contribution in [2.75, 3.05) is 19.7 Å². The van der Waals surface area contributed by atoms with Crippen LogP contribution in [0.1, 0.15) is 5.76 Å². The topological polar surface area (TPSA) is 80.1 Å². The average molecular weight is 276 g/mol. The van der Waals surface area contributed by atoms with Crippen molar-refractivity contribution in [1.29, 1.82) is 0 Å². The van der Waals surface area contributed by atoms with Gasteiger partial charge in [-0.15, -0.1) is 0 Å². The molecule has 2 fully saturated rings. The van der Waals surface area contributed by atoms with E-state index in [9.17, 15) is 14.4 Å². The van der Waals surface area contributed by atoms with Gasteiger partial charge in [0.05, 0.1) is 12.3 Å². The second kappa shape index (κ2) is 4.84. The molecule has 0 bridgehead atoms. The van der Waals surface area contributed by atoms with Crippen LogP contribution in [0.25, 0.3) is 6.08 Å². The highest BCUT2D eigenvalue weighted by Gasteiger charge is 2.43. The number of rotatable bonds is 3. The van der Waals surface area contributed by atoms with Gasteiger partial charge in [-0.1, -0.05) is 0 Å². The summed E-state index contributed by atoms with van der Waals surface area (Å²) in [4.78, 5) is 37.2. The molecule has 0 aliphatic carbocycles.